The van der Waals surface area contributed by atoms with Gasteiger partial charge in [0, 0.05) is 18.2 Å². The van der Waals surface area contributed by atoms with Gasteiger partial charge in [0.15, 0.2) is 0 Å². The Kier molecular flexibility index (Phi) is 4.17. The van der Waals surface area contributed by atoms with Crippen LogP contribution in [0.3, 0.4) is 0 Å². The minimum absolute atomic E-state index is 0.286. The van der Waals surface area contributed by atoms with Gasteiger partial charge in [0.05, 0.1) is 22.7 Å². The second-order valence-electron chi connectivity index (χ2n) is 3.67. The van der Waals surface area contributed by atoms with Crippen LogP contribution in [-0.2, 0) is 4.74 Å². The van der Waals surface area contributed by atoms with Gasteiger partial charge in [0.25, 0.3) is 0 Å². The smallest absolute Gasteiger partial charge is 0.336 e. The van der Waals surface area contributed by atoms with E-state index in [4.69, 9.17) is 9.84 Å². The molecule has 2 rings (SSSR count). The molecule has 94 valence electrons. The molecule has 0 atom stereocenters. The number of hydrogen-bond acceptors (Lipinski definition) is 4. The molecule has 5 heteroatoms. The number of benzene rings is 1. The van der Waals surface area contributed by atoms with Crippen LogP contribution in [0.5, 0.6) is 0 Å². The summed E-state index contributed by atoms with van der Waals surface area (Å²) >= 11 is 1.59. The Labute approximate surface area is 109 Å². The molecule has 1 aromatic heterocycles. The summed E-state index contributed by atoms with van der Waals surface area (Å²) in [5.74, 6) is -0.102. The van der Waals surface area contributed by atoms with Gasteiger partial charge in [-0.05, 0) is 24.3 Å². The Morgan fingerprint density at radius 3 is 2.94 bits per heavy atom. The number of carboxylic acid groups (broad SMARTS) is 1. The highest BCUT2D eigenvalue weighted by atomic mass is 32.2. The van der Waals surface area contributed by atoms with Gasteiger partial charge in [0.1, 0.15) is 0 Å². The van der Waals surface area contributed by atoms with Gasteiger partial charge in [-0.15, -0.1) is 11.8 Å². The number of aromatic nitrogens is 1. The molecular formula is C13H13NO3S. The van der Waals surface area contributed by atoms with Gasteiger partial charge in [-0.3, -0.25) is 0 Å². The molecule has 0 fully saturated rings. The molecule has 1 N–H and O–H groups in total. The first-order valence-electron chi connectivity index (χ1n) is 5.47. The average molecular weight is 263 g/mol. The van der Waals surface area contributed by atoms with Gasteiger partial charge in [0.2, 0.25) is 0 Å². The van der Waals surface area contributed by atoms with Gasteiger partial charge in [-0.25, -0.2) is 9.78 Å². The summed E-state index contributed by atoms with van der Waals surface area (Å²) < 4.78 is 4.98. The summed E-state index contributed by atoms with van der Waals surface area (Å²) in [4.78, 5) is 15.5. The first-order valence-corrected chi connectivity index (χ1v) is 6.45. The SMILES string of the molecule is COCCSc1ccc2c(C(=O)O)cccc2n1. The Morgan fingerprint density at radius 2 is 2.22 bits per heavy atom. The maximum absolute atomic E-state index is 11.1. The Bertz CT molecular complexity index is 571. The van der Waals surface area contributed by atoms with Crippen LogP contribution in [0.1, 0.15) is 10.4 Å². The van der Waals surface area contributed by atoms with E-state index in [2.05, 4.69) is 4.98 Å². The number of hydrogen-bond donors (Lipinski definition) is 1. The Morgan fingerprint density at radius 1 is 1.39 bits per heavy atom. The zero-order valence-corrected chi connectivity index (χ0v) is 10.7. The minimum atomic E-state index is -0.929. The monoisotopic (exact) mass is 263 g/mol. The van der Waals surface area contributed by atoms with Gasteiger partial charge >= 0.3 is 5.97 Å². The van der Waals surface area contributed by atoms with Gasteiger partial charge < -0.3 is 9.84 Å². The predicted molar refractivity (Wildman–Crippen MR) is 71.3 cm³/mol. The topological polar surface area (TPSA) is 59.4 Å². The fraction of sp³-hybridized carbons (Fsp3) is 0.231. The van der Waals surface area contributed by atoms with Crippen molar-refractivity contribution in [3.05, 3.63) is 35.9 Å². The maximum atomic E-state index is 11.1. The molecule has 2 aromatic rings. The quantitative estimate of drug-likeness (QED) is 0.664. The lowest BCUT2D eigenvalue weighted by Gasteiger charge is -2.04. The predicted octanol–water partition coefficient (Wildman–Crippen LogP) is 2.67. The first-order chi connectivity index (χ1) is 8.72. The van der Waals surface area contributed by atoms with Gasteiger partial charge in [-0.2, -0.15) is 0 Å². The number of pyridine rings is 1. The largest absolute Gasteiger partial charge is 0.478 e. The number of nitrogens with zero attached hydrogens (tertiary/aromatic N) is 1. The molecule has 0 amide bonds. The van der Waals surface area contributed by atoms with Crippen molar-refractivity contribution >= 4 is 28.6 Å². The van der Waals surface area contributed by atoms with Crippen LogP contribution in [0.4, 0.5) is 0 Å². The fourth-order valence-corrected chi connectivity index (χ4v) is 2.42. The van der Waals surface area contributed by atoms with Crippen molar-refractivity contribution in [2.45, 2.75) is 5.03 Å². The summed E-state index contributed by atoms with van der Waals surface area (Å²) in [6, 6.07) is 8.77. The molecule has 4 nitrogen and oxygen atoms in total. The molecule has 0 unspecified atom stereocenters. The van der Waals surface area contributed by atoms with E-state index in [0.717, 1.165) is 10.8 Å². The van der Waals surface area contributed by atoms with Crippen molar-refractivity contribution in [3.63, 3.8) is 0 Å². The maximum Gasteiger partial charge on any atom is 0.336 e. The number of carbonyl (C=O) groups is 1. The third kappa shape index (κ3) is 2.80. The third-order valence-corrected chi connectivity index (χ3v) is 3.37. The van der Waals surface area contributed by atoms with E-state index < -0.39 is 5.97 Å². The molecule has 0 aliphatic rings. The molecule has 0 bridgehead atoms. The highest BCUT2D eigenvalue weighted by Gasteiger charge is 2.09. The second-order valence-corrected chi connectivity index (χ2v) is 4.78. The normalized spacial score (nSPS) is 10.7. The van der Waals surface area contributed by atoms with E-state index in [1.54, 1.807) is 37.1 Å². The summed E-state index contributed by atoms with van der Waals surface area (Å²) in [6.07, 6.45) is 0. The standard InChI is InChI=1S/C13H13NO3S/c1-17-7-8-18-12-6-5-9-10(13(15)16)3-2-4-11(9)14-12/h2-6H,7-8H2,1H3,(H,15,16). The van der Waals surface area contributed by atoms with Crippen molar-refractivity contribution in [1.82, 2.24) is 4.98 Å². The zero-order valence-electron chi connectivity index (χ0n) is 9.92. The summed E-state index contributed by atoms with van der Waals surface area (Å²) in [7, 11) is 1.66. The van der Waals surface area contributed by atoms with E-state index in [1.807, 2.05) is 12.1 Å². The number of ether oxygens (including phenoxy) is 1. The number of carboxylic acids is 1. The van der Waals surface area contributed by atoms with Crippen LogP contribution in [0.2, 0.25) is 0 Å². The molecule has 0 aliphatic heterocycles. The summed E-state index contributed by atoms with van der Waals surface area (Å²) in [5.41, 5.74) is 0.991. The van der Waals surface area contributed by atoms with E-state index in [9.17, 15) is 4.79 Å². The van der Waals surface area contributed by atoms with E-state index in [-0.39, 0.29) is 5.56 Å². The van der Waals surface area contributed by atoms with E-state index in [0.29, 0.717) is 17.5 Å². The van der Waals surface area contributed by atoms with Crippen LogP contribution in [0.15, 0.2) is 35.4 Å². The van der Waals surface area contributed by atoms with E-state index >= 15 is 0 Å². The van der Waals surface area contributed by atoms with Crippen LogP contribution in [0.25, 0.3) is 10.9 Å². The molecule has 18 heavy (non-hydrogen) atoms. The minimum Gasteiger partial charge on any atom is -0.478 e. The number of methoxy groups -OCH3 is 1. The molecule has 0 aliphatic carbocycles. The number of aromatic carboxylic acids is 1. The van der Waals surface area contributed by atoms with Crippen molar-refractivity contribution in [2.24, 2.45) is 0 Å². The lowest BCUT2D eigenvalue weighted by atomic mass is 10.1. The zero-order chi connectivity index (χ0) is 13.0. The van der Waals surface area contributed by atoms with Crippen LogP contribution in [0, 0.1) is 0 Å². The van der Waals surface area contributed by atoms with Crippen molar-refractivity contribution in [2.75, 3.05) is 19.5 Å². The van der Waals surface area contributed by atoms with Crippen LogP contribution < -0.4 is 0 Å². The highest BCUT2D eigenvalue weighted by Crippen LogP contribution is 2.22. The van der Waals surface area contributed by atoms with Gasteiger partial charge in [-0.1, -0.05) is 6.07 Å². The summed E-state index contributed by atoms with van der Waals surface area (Å²) in [5, 5.41) is 10.6. The van der Waals surface area contributed by atoms with Crippen molar-refractivity contribution in [1.29, 1.82) is 0 Å². The number of fused-ring (bicyclic) bond motifs is 1. The van der Waals surface area contributed by atoms with E-state index in [1.165, 1.54) is 0 Å². The summed E-state index contributed by atoms with van der Waals surface area (Å²) in [6.45, 7) is 0.666. The van der Waals surface area contributed by atoms with Crippen LogP contribution >= 0.6 is 11.8 Å². The lowest BCUT2D eigenvalue weighted by molar-refractivity contribution is 0.0699. The molecule has 1 aromatic carbocycles. The molecule has 0 spiro atoms. The first kappa shape index (κ1) is 12.9. The number of rotatable bonds is 5. The highest BCUT2D eigenvalue weighted by molar-refractivity contribution is 7.99. The van der Waals surface area contributed by atoms with Crippen LogP contribution in [-0.4, -0.2) is 35.5 Å². The number of thioether (sulfide) groups is 1. The molecule has 0 radical (unpaired) electrons. The average Bonchev–Trinajstić information content (AvgIpc) is 2.38. The van der Waals surface area contributed by atoms with Crippen molar-refractivity contribution < 1.29 is 14.6 Å². The third-order valence-electron chi connectivity index (χ3n) is 2.47. The molecule has 0 saturated heterocycles. The Balaban J connectivity index is 2.32. The molecule has 1 heterocycles. The molecule has 0 saturated carbocycles. The van der Waals surface area contributed by atoms with Crippen molar-refractivity contribution in [3.8, 4) is 0 Å². The molecular weight excluding hydrogens is 250 g/mol. The second kappa shape index (κ2) is 5.84. The fourth-order valence-electron chi connectivity index (χ4n) is 1.63. The Hall–Kier alpha value is -1.59. The lowest BCUT2D eigenvalue weighted by Crippen LogP contribution is -1.98.